The second kappa shape index (κ2) is 15.0. The van der Waals surface area contributed by atoms with Gasteiger partial charge in [-0.05, 0) is 42.7 Å². The van der Waals surface area contributed by atoms with Crippen LogP contribution < -0.4 is 27.4 Å². The van der Waals surface area contributed by atoms with E-state index in [4.69, 9.17) is 11.5 Å². The highest BCUT2D eigenvalue weighted by molar-refractivity contribution is 5.94. The number of carbonyl (C=O) groups excluding carboxylic acids is 4. The van der Waals surface area contributed by atoms with Crippen molar-refractivity contribution >= 4 is 40.5 Å². The quantitative estimate of drug-likeness (QED) is 0.158. The van der Waals surface area contributed by atoms with Gasteiger partial charge < -0.3 is 37.5 Å². The number of hydrogen-bond donors (Lipinski definition) is 7. The topological polar surface area (TPSA) is 209 Å². The minimum Gasteiger partial charge on any atom is -0.480 e. The molecule has 0 aliphatic heterocycles. The SMILES string of the molecule is CC(C)CC(N)C(=O)NC(CC(C)C)C(=O)NC(CCC(N)=O)C(=O)NC(Cc1c[nH]c2ccccc12)C(=O)O. The number of carboxylic acids is 1. The number of nitrogens with one attached hydrogen (secondary N) is 4. The number of fused-ring (bicyclic) bond motifs is 1. The zero-order chi connectivity index (χ0) is 30.0. The normalized spacial score (nSPS) is 14.4. The molecular weight excluding hydrogens is 516 g/mol. The first-order chi connectivity index (χ1) is 18.8. The highest BCUT2D eigenvalue weighted by Crippen LogP contribution is 2.19. The Hall–Kier alpha value is -3.93. The van der Waals surface area contributed by atoms with Gasteiger partial charge in [0.2, 0.25) is 23.6 Å². The molecule has 0 spiro atoms. The molecule has 0 radical (unpaired) electrons. The molecule has 1 aromatic carbocycles. The van der Waals surface area contributed by atoms with Crippen molar-refractivity contribution in [3.8, 4) is 0 Å². The first-order valence-electron chi connectivity index (χ1n) is 13.5. The highest BCUT2D eigenvalue weighted by atomic mass is 16.4. The Kier molecular flexibility index (Phi) is 12.1. The molecule has 12 heteroatoms. The van der Waals surface area contributed by atoms with E-state index in [1.165, 1.54) is 0 Å². The van der Waals surface area contributed by atoms with Gasteiger partial charge in [0.25, 0.3) is 0 Å². The molecule has 0 aliphatic carbocycles. The second-order valence-electron chi connectivity index (χ2n) is 11.0. The molecule has 2 rings (SSSR count). The number of aliphatic carboxylic acids is 1. The van der Waals surface area contributed by atoms with Crippen LogP contribution in [0.25, 0.3) is 10.9 Å². The summed E-state index contributed by atoms with van der Waals surface area (Å²) in [5.74, 6) is -3.68. The zero-order valence-corrected chi connectivity index (χ0v) is 23.5. The molecule has 4 unspecified atom stereocenters. The Bertz CT molecular complexity index is 1190. The molecule has 0 saturated carbocycles. The first kappa shape index (κ1) is 32.3. The highest BCUT2D eigenvalue weighted by Gasteiger charge is 2.31. The first-order valence-corrected chi connectivity index (χ1v) is 13.5. The number of hydrogen-bond acceptors (Lipinski definition) is 6. The van der Waals surface area contributed by atoms with E-state index < -0.39 is 53.8 Å². The maximum atomic E-state index is 13.3. The van der Waals surface area contributed by atoms with Gasteiger partial charge in [0.05, 0.1) is 6.04 Å². The maximum Gasteiger partial charge on any atom is 0.326 e. The van der Waals surface area contributed by atoms with Crippen LogP contribution in [-0.4, -0.2) is 63.9 Å². The number of primary amides is 1. The lowest BCUT2D eigenvalue weighted by atomic mass is 10.00. The molecule has 4 atom stereocenters. The van der Waals surface area contributed by atoms with Crippen LogP contribution in [0.5, 0.6) is 0 Å². The standard InChI is InChI=1S/C28H42N6O6/c1-15(2)11-19(29)25(36)33-22(12-16(3)4)27(38)32-21(9-10-24(30)35)26(37)34-23(28(39)40)13-17-14-31-20-8-6-5-7-18(17)20/h5-8,14-16,19,21-23,31H,9-13,29H2,1-4H3,(H2,30,35)(H,32,38)(H,33,36)(H,34,37)(H,39,40). The fourth-order valence-corrected chi connectivity index (χ4v) is 4.42. The largest absolute Gasteiger partial charge is 0.480 e. The van der Waals surface area contributed by atoms with Gasteiger partial charge in [-0.15, -0.1) is 0 Å². The Balaban J connectivity index is 2.20. The fourth-order valence-electron chi connectivity index (χ4n) is 4.42. The number of rotatable bonds is 16. The van der Waals surface area contributed by atoms with Crippen LogP contribution in [0.2, 0.25) is 0 Å². The number of carboxylic acid groups (broad SMARTS) is 1. The Labute approximate surface area is 234 Å². The van der Waals surface area contributed by atoms with Crippen molar-refractivity contribution in [2.75, 3.05) is 0 Å². The number of aromatic nitrogens is 1. The van der Waals surface area contributed by atoms with Gasteiger partial charge in [-0.1, -0.05) is 45.9 Å². The Morgan fingerprint density at radius 1 is 0.850 bits per heavy atom. The van der Waals surface area contributed by atoms with Crippen LogP contribution in [0.1, 0.15) is 58.9 Å². The monoisotopic (exact) mass is 558 g/mol. The van der Waals surface area contributed by atoms with Crippen LogP contribution >= 0.6 is 0 Å². The number of benzene rings is 1. The van der Waals surface area contributed by atoms with Crippen molar-refractivity contribution in [1.82, 2.24) is 20.9 Å². The van der Waals surface area contributed by atoms with Gasteiger partial charge in [0, 0.05) is 29.9 Å². The van der Waals surface area contributed by atoms with Gasteiger partial charge in [-0.3, -0.25) is 19.2 Å². The van der Waals surface area contributed by atoms with Crippen LogP contribution in [0.4, 0.5) is 0 Å². The molecule has 1 heterocycles. The van der Waals surface area contributed by atoms with Crippen LogP contribution in [0.3, 0.4) is 0 Å². The minimum atomic E-state index is -1.31. The van der Waals surface area contributed by atoms with E-state index in [9.17, 15) is 29.1 Å². The van der Waals surface area contributed by atoms with Gasteiger partial charge in [-0.2, -0.15) is 0 Å². The van der Waals surface area contributed by atoms with Crippen molar-refractivity contribution < 1.29 is 29.1 Å². The third kappa shape index (κ3) is 9.99. The predicted octanol–water partition coefficient (Wildman–Crippen LogP) is 0.934. The second-order valence-corrected chi connectivity index (χ2v) is 11.0. The summed E-state index contributed by atoms with van der Waals surface area (Å²) in [7, 11) is 0. The minimum absolute atomic E-state index is 0.0126. The van der Waals surface area contributed by atoms with Crippen molar-refractivity contribution in [1.29, 1.82) is 0 Å². The summed E-state index contributed by atoms with van der Waals surface area (Å²) in [6.07, 6.45) is 2.00. The van der Waals surface area contributed by atoms with Gasteiger partial charge in [-0.25, -0.2) is 4.79 Å². The predicted molar refractivity (Wildman–Crippen MR) is 151 cm³/mol. The van der Waals surface area contributed by atoms with Crippen molar-refractivity contribution in [2.45, 2.75) is 84.0 Å². The van der Waals surface area contributed by atoms with Crippen LogP contribution in [-0.2, 0) is 30.4 Å². The Morgan fingerprint density at radius 2 is 1.43 bits per heavy atom. The molecule has 220 valence electrons. The van der Waals surface area contributed by atoms with Gasteiger partial charge in [0.1, 0.15) is 18.1 Å². The van der Waals surface area contributed by atoms with Crippen LogP contribution in [0.15, 0.2) is 30.5 Å². The van der Waals surface area contributed by atoms with Gasteiger partial charge >= 0.3 is 5.97 Å². The van der Waals surface area contributed by atoms with E-state index in [1.807, 2.05) is 52.0 Å². The number of aromatic amines is 1. The molecule has 12 nitrogen and oxygen atoms in total. The molecule has 0 saturated heterocycles. The summed E-state index contributed by atoms with van der Waals surface area (Å²) < 4.78 is 0. The average Bonchev–Trinajstić information content (AvgIpc) is 3.27. The lowest BCUT2D eigenvalue weighted by Crippen LogP contribution is -2.57. The van der Waals surface area contributed by atoms with Crippen molar-refractivity contribution in [2.24, 2.45) is 23.3 Å². The maximum absolute atomic E-state index is 13.3. The molecule has 40 heavy (non-hydrogen) atoms. The molecule has 2 aromatic rings. The summed E-state index contributed by atoms with van der Waals surface area (Å²) in [4.78, 5) is 65.7. The zero-order valence-electron chi connectivity index (χ0n) is 23.5. The number of carbonyl (C=O) groups is 5. The Morgan fingerprint density at radius 3 is 2.02 bits per heavy atom. The fraction of sp³-hybridized carbons (Fsp3) is 0.536. The van der Waals surface area contributed by atoms with Crippen LogP contribution in [0, 0.1) is 11.8 Å². The van der Waals surface area contributed by atoms with Crippen molar-refractivity contribution in [3.05, 3.63) is 36.0 Å². The molecule has 0 bridgehead atoms. The number of nitrogens with two attached hydrogens (primary N) is 2. The van der Waals surface area contributed by atoms with E-state index in [0.29, 0.717) is 12.0 Å². The van der Waals surface area contributed by atoms with E-state index >= 15 is 0 Å². The average molecular weight is 559 g/mol. The molecule has 0 fully saturated rings. The van der Waals surface area contributed by atoms with Crippen molar-refractivity contribution in [3.63, 3.8) is 0 Å². The number of H-pyrrole nitrogens is 1. The lowest BCUT2D eigenvalue weighted by molar-refractivity contribution is -0.142. The summed E-state index contributed by atoms with van der Waals surface area (Å²) in [5, 5.41) is 18.4. The van der Waals surface area contributed by atoms with E-state index in [2.05, 4.69) is 20.9 Å². The molecule has 4 amide bonds. The van der Waals surface area contributed by atoms with E-state index in [-0.39, 0.29) is 37.5 Å². The molecule has 9 N–H and O–H groups in total. The summed E-state index contributed by atoms with van der Waals surface area (Å²) in [5.41, 5.74) is 12.8. The smallest absolute Gasteiger partial charge is 0.326 e. The summed E-state index contributed by atoms with van der Waals surface area (Å²) in [6, 6.07) is 3.00. The third-order valence-electron chi connectivity index (χ3n) is 6.43. The molecule has 1 aromatic heterocycles. The molecule has 0 aliphatic rings. The van der Waals surface area contributed by atoms with E-state index in [1.54, 1.807) is 6.20 Å². The summed E-state index contributed by atoms with van der Waals surface area (Å²) >= 11 is 0. The third-order valence-corrected chi connectivity index (χ3v) is 6.43. The van der Waals surface area contributed by atoms with Gasteiger partial charge in [0.15, 0.2) is 0 Å². The van der Waals surface area contributed by atoms with E-state index in [0.717, 1.165) is 10.9 Å². The number of para-hydroxylation sites is 1. The number of amides is 4. The summed E-state index contributed by atoms with van der Waals surface area (Å²) in [6.45, 7) is 7.60. The molecular formula is C28H42N6O6. The lowest BCUT2D eigenvalue weighted by Gasteiger charge is -2.26.